The first-order valence-corrected chi connectivity index (χ1v) is 11.0. The minimum absolute atomic E-state index is 0.0114. The number of ether oxygens (including phenoxy) is 1. The maximum Gasteiger partial charge on any atom is 0.301 e. The van der Waals surface area contributed by atoms with Crippen molar-refractivity contribution in [3.63, 3.8) is 0 Å². The third-order valence-electron chi connectivity index (χ3n) is 5.72. The smallest absolute Gasteiger partial charge is 0.301 e. The molecule has 1 aromatic heterocycles. The lowest BCUT2D eigenvalue weighted by atomic mass is 9.93. The van der Waals surface area contributed by atoms with E-state index in [4.69, 9.17) is 9.26 Å². The summed E-state index contributed by atoms with van der Waals surface area (Å²) in [4.78, 5) is 27.6. The Balaban J connectivity index is 1.83. The van der Waals surface area contributed by atoms with Crippen LogP contribution >= 0.6 is 0 Å². The van der Waals surface area contributed by atoms with Crippen molar-refractivity contribution in [2.75, 3.05) is 11.5 Å². The Morgan fingerprint density at radius 1 is 1.18 bits per heavy atom. The van der Waals surface area contributed by atoms with Gasteiger partial charge in [-0.3, -0.25) is 14.5 Å². The van der Waals surface area contributed by atoms with E-state index >= 15 is 0 Å². The van der Waals surface area contributed by atoms with Crippen molar-refractivity contribution in [1.29, 1.82) is 0 Å². The Morgan fingerprint density at radius 3 is 2.41 bits per heavy atom. The first-order valence-electron chi connectivity index (χ1n) is 11.0. The molecule has 0 bridgehead atoms. The number of anilines is 1. The fourth-order valence-corrected chi connectivity index (χ4v) is 3.93. The van der Waals surface area contributed by atoms with Crippen LogP contribution in [0.5, 0.6) is 5.75 Å². The molecule has 2 heterocycles. The normalized spacial score (nSPS) is 17.4. The van der Waals surface area contributed by atoms with E-state index in [1.807, 2.05) is 24.3 Å². The SMILES string of the molecule is C=CCOc1ccc(C(O)=C2C(=O)C(=O)N(c3cc(C)on3)C2c2ccc(C(C)C)cc2)cc1. The lowest BCUT2D eigenvalue weighted by Crippen LogP contribution is -2.29. The first kappa shape index (κ1) is 23.0. The quantitative estimate of drug-likeness (QED) is 0.224. The van der Waals surface area contributed by atoms with Gasteiger partial charge in [-0.05, 0) is 48.2 Å². The second-order valence-electron chi connectivity index (χ2n) is 8.41. The van der Waals surface area contributed by atoms with Crippen molar-refractivity contribution in [1.82, 2.24) is 5.16 Å². The number of aliphatic hydroxyl groups is 1. The van der Waals surface area contributed by atoms with Crippen molar-refractivity contribution in [2.45, 2.75) is 32.7 Å². The largest absolute Gasteiger partial charge is 0.507 e. The van der Waals surface area contributed by atoms with Gasteiger partial charge < -0.3 is 14.4 Å². The molecule has 0 aliphatic carbocycles. The number of carbonyl (C=O) groups is 2. The number of ketones is 1. The number of rotatable bonds is 7. The van der Waals surface area contributed by atoms with Crippen LogP contribution in [0, 0.1) is 6.92 Å². The van der Waals surface area contributed by atoms with Crippen molar-refractivity contribution in [3.05, 3.63) is 95.3 Å². The third kappa shape index (κ3) is 4.24. The summed E-state index contributed by atoms with van der Waals surface area (Å²) in [6.45, 7) is 9.84. The summed E-state index contributed by atoms with van der Waals surface area (Å²) in [7, 11) is 0. The predicted octanol–water partition coefficient (Wildman–Crippen LogP) is 5.30. The van der Waals surface area contributed by atoms with E-state index in [0.29, 0.717) is 35.2 Å². The Bertz CT molecular complexity index is 1250. The van der Waals surface area contributed by atoms with Gasteiger partial charge in [0.05, 0.1) is 11.6 Å². The molecule has 1 aliphatic rings. The zero-order valence-electron chi connectivity index (χ0n) is 19.3. The number of aromatic nitrogens is 1. The number of aliphatic hydroxyl groups excluding tert-OH is 1. The lowest BCUT2D eigenvalue weighted by Gasteiger charge is -2.23. The Kier molecular flexibility index (Phi) is 6.36. The van der Waals surface area contributed by atoms with Gasteiger partial charge in [0.25, 0.3) is 5.78 Å². The first-order chi connectivity index (χ1) is 16.3. The number of benzene rings is 2. The van der Waals surface area contributed by atoms with Crippen molar-refractivity contribution in [2.24, 2.45) is 0 Å². The van der Waals surface area contributed by atoms with Gasteiger partial charge in [0.2, 0.25) is 0 Å². The fraction of sp³-hybridized carbons (Fsp3) is 0.222. The van der Waals surface area contributed by atoms with Crippen LogP contribution in [0.3, 0.4) is 0 Å². The van der Waals surface area contributed by atoms with Crippen LogP contribution in [0.25, 0.3) is 5.76 Å². The fourth-order valence-electron chi connectivity index (χ4n) is 3.93. The van der Waals surface area contributed by atoms with E-state index in [2.05, 4.69) is 25.6 Å². The average molecular weight is 459 g/mol. The molecular formula is C27H26N2O5. The summed E-state index contributed by atoms with van der Waals surface area (Å²) in [5.74, 6) is -0.210. The van der Waals surface area contributed by atoms with Crippen molar-refractivity contribution >= 4 is 23.3 Å². The second-order valence-corrected chi connectivity index (χ2v) is 8.41. The van der Waals surface area contributed by atoms with Crippen LogP contribution in [0.15, 0.2) is 77.3 Å². The molecule has 3 aromatic rings. The van der Waals surface area contributed by atoms with E-state index < -0.39 is 17.7 Å². The van der Waals surface area contributed by atoms with Gasteiger partial charge in [-0.2, -0.15) is 0 Å². The molecular weight excluding hydrogens is 432 g/mol. The maximum atomic E-state index is 13.2. The highest BCUT2D eigenvalue weighted by atomic mass is 16.5. The molecule has 7 nitrogen and oxygen atoms in total. The summed E-state index contributed by atoms with van der Waals surface area (Å²) >= 11 is 0. The second kappa shape index (κ2) is 9.39. The molecule has 1 aliphatic heterocycles. The van der Waals surface area contributed by atoms with Crippen LogP contribution in [-0.2, 0) is 9.59 Å². The molecule has 1 fully saturated rings. The molecule has 0 radical (unpaired) electrons. The standard InChI is InChI=1S/C27H26N2O5/c1-5-14-33-21-12-10-20(11-13-21)25(30)23-24(19-8-6-18(7-9-19)16(2)3)29(27(32)26(23)31)22-15-17(4)34-28-22/h5-13,15-16,24,30H,1,14H2,2-4H3. The van der Waals surface area contributed by atoms with Gasteiger partial charge in [-0.1, -0.05) is 55.9 Å². The minimum Gasteiger partial charge on any atom is -0.507 e. The van der Waals surface area contributed by atoms with Gasteiger partial charge in [0.1, 0.15) is 23.9 Å². The number of amides is 1. The molecule has 1 amide bonds. The Morgan fingerprint density at radius 2 is 1.85 bits per heavy atom. The van der Waals surface area contributed by atoms with Crippen LogP contribution < -0.4 is 9.64 Å². The zero-order chi connectivity index (χ0) is 24.4. The number of hydrogen-bond acceptors (Lipinski definition) is 6. The number of Topliss-reactive ketones (excluding diaryl/α,β-unsaturated/α-hetero) is 1. The van der Waals surface area contributed by atoms with Crippen LogP contribution in [-0.4, -0.2) is 28.6 Å². The van der Waals surface area contributed by atoms with Crippen LogP contribution in [0.2, 0.25) is 0 Å². The molecule has 1 unspecified atom stereocenters. The van der Waals surface area contributed by atoms with E-state index in [-0.39, 0.29) is 17.2 Å². The van der Waals surface area contributed by atoms with E-state index in [9.17, 15) is 14.7 Å². The molecule has 7 heteroatoms. The topological polar surface area (TPSA) is 92.9 Å². The molecule has 1 saturated heterocycles. The Labute approximate surface area is 197 Å². The number of carbonyl (C=O) groups excluding carboxylic acids is 2. The molecule has 0 saturated carbocycles. The average Bonchev–Trinajstić information content (AvgIpc) is 3.38. The van der Waals surface area contributed by atoms with Crippen LogP contribution in [0.4, 0.5) is 5.82 Å². The van der Waals surface area contributed by atoms with E-state index in [1.165, 1.54) is 4.90 Å². The highest BCUT2D eigenvalue weighted by Gasteiger charge is 2.48. The minimum atomic E-state index is -0.859. The lowest BCUT2D eigenvalue weighted by molar-refractivity contribution is -0.132. The summed E-state index contributed by atoms with van der Waals surface area (Å²) < 4.78 is 10.7. The molecule has 4 rings (SSSR count). The highest BCUT2D eigenvalue weighted by molar-refractivity contribution is 6.51. The van der Waals surface area contributed by atoms with Gasteiger partial charge in [0, 0.05) is 11.6 Å². The molecule has 34 heavy (non-hydrogen) atoms. The molecule has 2 aromatic carbocycles. The summed E-state index contributed by atoms with van der Waals surface area (Å²) in [5.41, 5.74) is 2.18. The number of aryl methyl sites for hydroxylation is 1. The molecule has 174 valence electrons. The summed E-state index contributed by atoms with van der Waals surface area (Å²) in [6.07, 6.45) is 1.63. The van der Waals surface area contributed by atoms with E-state index in [1.54, 1.807) is 43.3 Å². The third-order valence-corrected chi connectivity index (χ3v) is 5.72. The van der Waals surface area contributed by atoms with Gasteiger partial charge >= 0.3 is 5.91 Å². The Hall–Kier alpha value is -4.13. The number of nitrogens with zero attached hydrogens (tertiary/aromatic N) is 2. The van der Waals surface area contributed by atoms with Gasteiger partial charge in [0.15, 0.2) is 5.82 Å². The van der Waals surface area contributed by atoms with Crippen molar-refractivity contribution < 1.29 is 24.0 Å². The summed E-state index contributed by atoms with van der Waals surface area (Å²) in [6, 6.07) is 15.0. The van der Waals surface area contributed by atoms with Gasteiger partial charge in [-0.25, -0.2) is 0 Å². The maximum absolute atomic E-state index is 13.2. The summed E-state index contributed by atoms with van der Waals surface area (Å²) in [5, 5.41) is 15.2. The molecule has 1 atom stereocenters. The number of hydrogen-bond donors (Lipinski definition) is 1. The molecule has 0 spiro atoms. The van der Waals surface area contributed by atoms with E-state index in [0.717, 1.165) is 5.56 Å². The predicted molar refractivity (Wildman–Crippen MR) is 129 cm³/mol. The van der Waals surface area contributed by atoms with Gasteiger partial charge in [-0.15, -0.1) is 0 Å². The van der Waals surface area contributed by atoms with Crippen LogP contribution in [0.1, 0.15) is 48.3 Å². The zero-order valence-corrected chi connectivity index (χ0v) is 19.3. The molecule has 1 N–H and O–H groups in total. The monoisotopic (exact) mass is 458 g/mol. The van der Waals surface area contributed by atoms with Crippen molar-refractivity contribution in [3.8, 4) is 5.75 Å². The highest BCUT2D eigenvalue weighted by Crippen LogP contribution is 2.42.